The van der Waals surface area contributed by atoms with Gasteiger partial charge in [-0.1, -0.05) is 36.4 Å². The van der Waals surface area contributed by atoms with Gasteiger partial charge in [0.15, 0.2) is 24.1 Å². The second kappa shape index (κ2) is 9.93. The monoisotopic (exact) mass is 399 g/mol. The van der Waals surface area contributed by atoms with Crippen molar-refractivity contribution in [2.75, 3.05) is 33.9 Å². The lowest BCUT2D eigenvalue weighted by atomic mass is 9.94. The van der Waals surface area contributed by atoms with Gasteiger partial charge in [0, 0.05) is 12.0 Å². The summed E-state index contributed by atoms with van der Waals surface area (Å²) in [5.41, 5.74) is 2.30. The number of benzene rings is 2. The third-order valence-corrected chi connectivity index (χ3v) is 5.08. The third kappa shape index (κ3) is 5.26. The molecule has 0 saturated carbocycles. The van der Waals surface area contributed by atoms with Crippen LogP contribution in [-0.4, -0.2) is 51.8 Å². The molecule has 0 aliphatic carbocycles. The minimum Gasteiger partial charge on any atom is -0.493 e. The number of amides is 1. The molecular formula is C22H27N2O5+. The molecule has 1 aliphatic heterocycles. The fraction of sp³-hybridized carbons (Fsp3) is 0.364. The van der Waals surface area contributed by atoms with Crippen LogP contribution in [0.15, 0.2) is 48.5 Å². The average molecular weight is 399 g/mol. The summed E-state index contributed by atoms with van der Waals surface area (Å²) in [5, 5.41) is 2.86. The zero-order valence-electron chi connectivity index (χ0n) is 16.8. The highest BCUT2D eigenvalue weighted by Crippen LogP contribution is 2.25. The lowest BCUT2D eigenvalue weighted by Gasteiger charge is -2.31. The Morgan fingerprint density at radius 2 is 1.72 bits per heavy atom. The van der Waals surface area contributed by atoms with Gasteiger partial charge in [-0.05, 0) is 17.7 Å². The first-order valence-corrected chi connectivity index (χ1v) is 9.64. The van der Waals surface area contributed by atoms with Crippen molar-refractivity contribution in [3.05, 3.63) is 59.7 Å². The van der Waals surface area contributed by atoms with E-state index in [1.54, 1.807) is 7.11 Å². The Morgan fingerprint density at radius 3 is 2.45 bits per heavy atom. The summed E-state index contributed by atoms with van der Waals surface area (Å²) in [6, 6.07) is 15.0. The minimum absolute atomic E-state index is 0.128. The molecule has 154 valence electrons. The summed E-state index contributed by atoms with van der Waals surface area (Å²) in [6.07, 6.45) is 0.572. The molecule has 0 bridgehead atoms. The van der Waals surface area contributed by atoms with Gasteiger partial charge in [0.1, 0.15) is 13.2 Å². The summed E-state index contributed by atoms with van der Waals surface area (Å²) in [5.74, 6) is 0.864. The van der Waals surface area contributed by atoms with E-state index in [2.05, 4.69) is 5.32 Å². The quantitative estimate of drug-likeness (QED) is 0.496. The van der Waals surface area contributed by atoms with Crippen LogP contribution in [0, 0.1) is 0 Å². The van der Waals surface area contributed by atoms with Crippen LogP contribution in [0.3, 0.4) is 0 Å². The van der Waals surface area contributed by atoms with Crippen LogP contribution in [0.25, 0.3) is 0 Å². The number of hydrogen-bond donors (Lipinski definition) is 2. The number of quaternary nitrogens is 1. The first-order valence-electron chi connectivity index (χ1n) is 9.64. The molecule has 7 nitrogen and oxygen atoms in total. The third-order valence-electron chi connectivity index (χ3n) is 5.08. The Labute approximate surface area is 170 Å². The Balaban J connectivity index is 1.52. The number of carbonyl (C=O) groups is 2. The highest BCUT2D eigenvalue weighted by Gasteiger charge is 2.36. The van der Waals surface area contributed by atoms with Gasteiger partial charge in [-0.15, -0.1) is 0 Å². The minimum atomic E-state index is -0.384. The van der Waals surface area contributed by atoms with Gasteiger partial charge in [0.2, 0.25) is 0 Å². The van der Waals surface area contributed by atoms with Gasteiger partial charge in [-0.3, -0.25) is 4.79 Å². The largest absolute Gasteiger partial charge is 0.493 e. The molecule has 0 fully saturated rings. The lowest BCUT2D eigenvalue weighted by Crippen LogP contribution is -3.17. The predicted octanol–water partition coefficient (Wildman–Crippen LogP) is 0.373. The molecule has 2 N–H and O–H groups in total. The van der Waals surface area contributed by atoms with E-state index in [1.807, 2.05) is 48.5 Å². The summed E-state index contributed by atoms with van der Waals surface area (Å²) < 4.78 is 15.9. The van der Waals surface area contributed by atoms with Crippen molar-refractivity contribution in [2.24, 2.45) is 0 Å². The molecule has 0 spiro atoms. The Morgan fingerprint density at radius 1 is 1.03 bits per heavy atom. The standard InChI is InChI=1S/C22H26N2O5/c1-27-19-9-5-6-10-20(19)29-12-11-23-21(25)15-24-14-17-8-4-3-7-16(17)13-18(24)22(26)28-2/h3-10,18H,11-15H2,1-2H3,(H,23,25)/p+1/t18-/m1/s1. The van der Waals surface area contributed by atoms with Crippen LogP contribution >= 0.6 is 0 Å². The molecule has 0 radical (unpaired) electrons. The van der Waals surface area contributed by atoms with Crippen molar-refractivity contribution < 1.29 is 28.7 Å². The number of rotatable bonds is 8. The van der Waals surface area contributed by atoms with Crippen molar-refractivity contribution in [3.8, 4) is 11.5 Å². The molecule has 1 heterocycles. The van der Waals surface area contributed by atoms with E-state index >= 15 is 0 Å². The Bertz CT molecular complexity index is 855. The van der Waals surface area contributed by atoms with Gasteiger partial charge in [-0.25, -0.2) is 4.79 Å². The van der Waals surface area contributed by atoms with Gasteiger partial charge < -0.3 is 24.4 Å². The molecule has 7 heteroatoms. The highest BCUT2D eigenvalue weighted by atomic mass is 16.5. The molecule has 1 amide bonds. The van der Waals surface area contributed by atoms with E-state index < -0.39 is 0 Å². The van der Waals surface area contributed by atoms with Gasteiger partial charge >= 0.3 is 5.97 Å². The molecule has 29 heavy (non-hydrogen) atoms. The normalized spacial score (nSPS) is 17.7. The van der Waals surface area contributed by atoms with Crippen molar-refractivity contribution >= 4 is 11.9 Å². The Hall–Kier alpha value is -3.06. The molecule has 2 atom stereocenters. The maximum atomic E-state index is 12.4. The van der Waals surface area contributed by atoms with E-state index in [4.69, 9.17) is 14.2 Å². The zero-order valence-corrected chi connectivity index (χ0v) is 16.8. The molecule has 2 aromatic carbocycles. The number of ether oxygens (including phenoxy) is 3. The molecule has 1 unspecified atom stereocenters. The van der Waals surface area contributed by atoms with E-state index in [9.17, 15) is 9.59 Å². The number of carbonyl (C=O) groups excluding carboxylic acids is 2. The number of nitrogens with one attached hydrogen (secondary N) is 2. The molecular weight excluding hydrogens is 372 g/mol. The van der Waals surface area contributed by atoms with Crippen molar-refractivity contribution in [2.45, 2.75) is 19.0 Å². The van der Waals surface area contributed by atoms with Crippen LogP contribution in [0.5, 0.6) is 11.5 Å². The summed E-state index contributed by atoms with van der Waals surface area (Å²) >= 11 is 0. The van der Waals surface area contributed by atoms with E-state index in [1.165, 1.54) is 7.11 Å². The summed E-state index contributed by atoms with van der Waals surface area (Å²) in [6.45, 7) is 1.50. The number of hydrogen-bond acceptors (Lipinski definition) is 5. The molecule has 1 aliphatic rings. The van der Waals surface area contributed by atoms with Crippen LogP contribution in [0.2, 0.25) is 0 Å². The maximum absolute atomic E-state index is 12.4. The fourth-order valence-electron chi connectivity index (χ4n) is 3.60. The maximum Gasteiger partial charge on any atom is 0.365 e. The number of methoxy groups -OCH3 is 2. The van der Waals surface area contributed by atoms with Crippen LogP contribution in [0.4, 0.5) is 0 Å². The SMILES string of the molecule is COC(=O)[C@H]1Cc2ccccc2C[NH+]1CC(=O)NCCOc1ccccc1OC. The van der Waals surface area contributed by atoms with Crippen LogP contribution in [0.1, 0.15) is 11.1 Å². The topological polar surface area (TPSA) is 78.3 Å². The van der Waals surface area contributed by atoms with Gasteiger partial charge in [0.05, 0.1) is 20.8 Å². The smallest absolute Gasteiger partial charge is 0.365 e. The average Bonchev–Trinajstić information content (AvgIpc) is 2.76. The van der Waals surface area contributed by atoms with Crippen LogP contribution < -0.4 is 19.7 Å². The first kappa shape index (κ1) is 20.7. The summed E-state index contributed by atoms with van der Waals surface area (Å²) in [4.78, 5) is 25.6. The highest BCUT2D eigenvalue weighted by molar-refractivity contribution is 5.78. The Kier molecular flexibility index (Phi) is 7.08. The van der Waals surface area contributed by atoms with E-state index in [-0.39, 0.29) is 24.5 Å². The second-order valence-electron chi connectivity index (χ2n) is 6.91. The molecule has 3 rings (SSSR count). The van der Waals surface area contributed by atoms with Crippen molar-refractivity contribution in [3.63, 3.8) is 0 Å². The van der Waals surface area contributed by atoms with Crippen LogP contribution in [-0.2, 0) is 27.3 Å². The molecule has 0 saturated heterocycles. The first-order chi connectivity index (χ1) is 14.1. The molecule has 2 aromatic rings. The number of para-hydroxylation sites is 2. The lowest BCUT2D eigenvalue weighted by molar-refractivity contribution is -0.924. The second-order valence-corrected chi connectivity index (χ2v) is 6.91. The number of esters is 1. The van der Waals surface area contributed by atoms with Gasteiger partial charge in [0.25, 0.3) is 5.91 Å². The predicted molar refractivity (Wildman–Crippen MR) is 107 cm³/mol. The van der Waals surface area contributed by atoms with Crippen molar-refractivity contribution in [1.82, 2.24) is 5.32 Å². The van der Waals surface area contributed by atoms with E-state index in [0.29, 0.717) is 37.6 Å². The fourth-order valence-corrected chi connectivity index (χ4v) is 3.60. The zero-order chi connectivity index (χ0) is 20.6. The van der Waals surface area contributed by atoms with Gasteiger partial charge in [-0.2, -0.15) is 0 Å². The van der Waals surface area contributed by atoms with E-state index in [0.717, 1.165) is 16.0 Å². The summed E-state index contributed by atoms with van der Waals surface area (Å²) in [7, 11) is 2.97. The van der Waals surface area contributed by atoms with Crippen molar-refractivity contribution in [1.29, 1.82) is 0 Å². The molecule has 0 aromatic heterocycles. The number of fused-ring (bicyclic) bond motifs is 1.